The van der Waals surface area contributed by atoms with E-state index >= 15 is 0 Å². The molecule has 29 heavy (non-hydrogen) atoms. The molecule has 0 heterocycles. The van der Waals surface area contributed by atoms with E-state index < -0.39 is 6.10 Å². The first-order valence-electron chi connectivity index (χ1n) is 10.5. The molecule has 0 radical (unpaired) electrons. The smallest absolute Gasteiger partial charge is 0.106 e. The molecular weight excluding hydrogens is 352 g/mol. The monoisotopic (exact) mass is 376 g/mol. The minimum atomic E-state index is -0.562. The van der Waals surface area contributed by atoms with Crippen LogP contribution in [-0.2, 0) is 11.8 Å². The van der Waals surface area contributed by atoms with Gasteiger partial charge in [0.1, 0.15) is 6.10 Å². The summed E-state index contributed by atoms with van der Waals surface area (Å²) in [5.74, 6) is 0. The van der Waals surface area contributed by atoms with Gasteiger partial charge in [0.05, 0.1) is 0 Å². The fraction of sp³-hybridized carbons (Fsp3) is 0.214. The number of rotatable bonds is 1. The molecule has 2 aliphatic rings. The van der Waals surface area contributed by atoms with Crippen molar-refractivity contribution in [2.75, 3.05) is 0 Å². The van der Waals surface area contributed by atoms with Crippen LogP contribution in [0.5, 0.6) is 0 Å². The van der Waals surface area contributed by atoms with Crippen LogP contribution < -0.4 is 0 Å². The van der Waals surface area contributed by atoms with Gasteiger partial charge in [-0.1, -0.05) is 86.6 Å². The number of aliphatic hydroxyl groups excluding tert-OH is 1. The number of fused-ring (bicyclic) bond motifs is 4. The summed E-state index contributed by atoms with van der Waals surface area (Å²) in [4.78, 5) is 0. The van der Waals surface area contributed by atoms with E-state index in [2.05, 4.69) is 80.6 Å². The summed E-state index contributed by atoms with van der Waals surface area (Å²) in [6.45, 7) is 4.69. The standard InChI is InChI=1S/C28H24O/c1-28(2)16-15-18-11-8-14-21-22(17-9-4-3-5-10-17)24-19-12-6-7-13-20(19)27(29)25(24)26(28)23(18)21/h3-14,27,29H,15-16H2,1-2H3. The Labute approximate surface area is 171 Å². The van der Waals surface area contributed by atoms with Crippen molar-refractivity contribution >= 4 is 10.8 Å². The number of aliphatic hydroxyl groups is 1. The van der Waals surface area contributed by atoms with Gasteiger partial charge in [0.2, 0.25) is 0 Å². The molecule has 0 fully saturated rings. The molecule has 1 N–H and O–H groups in total. The fourth-order valence-electron chi connectivity index (χ4n) is 5.69. The van der Waals surface area contributed by atoms with E-state index in [0.29, 0.717) is 0 Å². The van der Waals surface area contributed by atoms with E-state index in [1.54, 1.807) is 0 Å². The number of benzene rings is 4. The third-order valence-corrected chi connectivity index (χ3v) is 7.02. The predicted octanol–water partition coefficient (Wildman–Crippen LogP) is 6.79. The lowest BCUT2D eigenvalue weighted by Crippen LogP contribution is -2.25. The molecule has 0 spiro atoms. The van der Waals surface area contributed by atoms with Crippen LogP contribution in [0.4, 0.5) is 0 Å². The van der Waals surface area contributed by atoms with Gasteiger partial charge in [0.25, 0.3) is 0 Å². The maximum absolute atomic E-state index is 11.5. The lowest BCUT2D eigenvalue weighted by Gasteiger charge is -2.36. The Bertz CT molecular complexity index is 1280. The Hall–Kier alpha value is -2.90. The maximum atomic E-state index is 11.5. The second kappa shape index (κ2) is 5.81. The van der Waals surface area contributed by atoms with Crippen LogP contribution in [0.25, 0.3) is 33.0 Å². The minimum Gasteiger partial charge on any atom is -0.384 e. The quantitative estimate of drug-likeness (QED) is 0.388. The van der Waals surface area contributed by atoms with Crippen LogP contribution in [0.2, 0.25) is 0 Å². The summed E-state index contributed by atoms with van der Waals surface area (Å²) in [6.07, 6.45) is 1.64. The molecule has 0 aliphatic heterocycles. The second-order valence-electron chi connectivity index (χ2n) is 9.12. The molecule has 1 unspecified atom stereocenters. The van der Waals surface area contributed by atoms with Crippen molar-refractivity contribution in [1.29, 1.82) is 0 Å². The van der Waals surface area contributed by atoms with Crippen molar-refractivity contribution in [3.05, 3.63) is 95.1 Å². The third kappa shape index (κ3) is 2.20. The summed E-state index contributed by atoms with van der Waals surface area (Å²) < 4.78 is 0. The van der Waals surface area contributed by atoms with Gasteiger partial charge in [-0.25, -0.2) is 0 Å². The third-order valence-electron chi connectivity index (χ3n) is 7.02. The van der Waals surface area contributed by atoms with Gasteiger partial charge >= 0.3 is 0 Å². The second-order valence-corrected chi connectivity index (χ2v) is 9.12. The van der Waals surface area contributed by atoms with Gasteiger partial charge in [-0.15, -0.1) is 0 Å². The predicted molar refractivity (Wildman–Crippen MR) is 120 cm³/mol. The van der Waals surface area contributed by atoms with E-state index in [1.807, 2.05) is 6.07 Å². The molecule has 0 amide bonds. The van der Waals surface area contributed by atoms with Crippen molar-refractivity contribution in [3.8, 4) is 22.3 Å². The van der Waals surface area contributed by atoms with Crippen LogP contribution >= 0.6 is 0 Å². The lowest BCUT2D eigenvalue weighted by molar-refractivity contribution is 0.222. The average Bonchev–Trinajstić information content (AvgIpc) is 3.03. The summed E-state index contributed by atoms with van der Waals surface area (Å²) in [6, 6.07) is 25.8. The summed E-state index contributed by atoms with van der Waals surface area (Å²) in [5, 5.41) is 14.2. The minimum absolute atomic E-state index is 0.0366. The Kier molecular flexibility index (Phi) is 3.40. The zero-order chi connectivity index (χ0) is 19.8. The summed E-state index contributed by atoms with van der Waals surface area (Å²) in [5.41, 5.74) is 9.88. The molecule has 1 atom stereocenters. The molecule has 2 aliphatic carbocycles. The molecule has 6 rings (SSSR count). The van der Waals surface area contributed by atoms with Gasteiger partial charge in [-0.3, -0.25) is 0 Å². The molecule has 0 aromatic heterocycles. The van der Waals surface area contributed by atoms with Crippen molar-refractivity contribution in [2.24, 2.45) is 0 Å². The maximum Gasteiger partial charge on any atom is 0.106 e. The number of aryl methyl sites for hydroxylation is 1. The molecule has 1 nitrogen and oxygen atoms in total. The first kappa shape index (κ1) is 17.0. The van der Waals surface area contributed by atoms with Crippen LogP contribution in [0.1, 0.15) is 48.6 Å². The highest BCUT2D eigenvalue weighted by atomic mass is 16.3. The Balaban J connectivity index is 1.89. The Morgan fingerprint density at radius 3 is 2.41 bits per heavy atom. The Morgan fingerprint density at radius 1 is 0.828 bits per heavy atom. The summed E-state index contributed by atoms with van der Waals surface area (Å²) in [7, 11) is 0. The van der Waals surface area contributed by atoms with E-state index in [4.69, 9.17) is 0 Å². The topological polar surface area (TPSA) is 20.2 Å². The number of hydrogen-bond donors (Lipinski definition) is 1. The van der Waals surface area contributed by atoms with Gasteiger partial charge in [-0.2, -0.15) is 0 Å². The molecule has 4 aromatic rings. The average molecular weight is 376 g/mol. The largest absolute Gasteiger partial charge is 0.384 e. The summed E-state index contributed by atoms with van der Waals surface area (Å²) >= 11 is 0. The molecular formula is C28H24O. The first-order valence-corrected chi connectivity index (χ1v) is 10.5. The zero-order valence-corrected chi connectivity index (χ0v) is 16.9. The molecule has 0 saturated carbocycles. The zero-order valence-electron chi connectivity index (χ0n) is 16.9. The van der Waals surface area contributed by atoms with Gasteiger partial charge in [0.15, 0.2) is 0 Å². The lowest BCUT2D eigenvalue weighted by atomic mass is 9.68. The highest BCUT2D eigenvalue weighted by molar-refractivity contribution is 6.10. The first-order chi connectivity index (χ1) is 14.1. The SMILES string of the molecule is CC1(C)CCc2cccc3c(-c4ccccc4)c4c(c1c23)C(O)c1ccccc1-4. The van der Waals surface area contributed by atoms with E-state index in [9.17, 15) is 5.11 Å². The van der Waals surface area contributed by atoms with Crippen LogP contribution in [0, 0.1) is 0 Å². The van der Waals surface area contributed by atoms with E-state index in [0.717, 1.165) is 24.0 Å². The Morgan fingerprint density at radius 2 is 1.59 bits per heavy atom. The van der Waals surface area contributed by atoms with Crippen molar-refractivity contribution in [2.45, 2.75) is 38.2 Å². The van der Waals surface area contributed by atoms with Crippen LogP contribution in [0.15, 0.2) is 72.8 Å². The van der Waals surface area contributed by atoms with E-state index in [-0.39, 0.29) is 5.41 Å². The van der Waals surface area contributed by atoms with Crippen LogP contribution in [-0.4, -0.2) is 5.11 Å². The fourth-order valence-corrected chi connectivity index (χ4v) is 5.69. The van der Waals surface area contributed by atoms with Gasteiger partial charge in [0, 0.05) is 0 Å². The van der Waals surface area contributed by atoms with Crippen molar-refractivity contribution in [3.63, 3.8) is 0 Å². The molecule has 0 bridgehead atoms. The molecule has 142 valence electrons. The normalized spacial score (nSPS) is 18.5. The van der Waals surface area contributed by atoms with Crippen LogP contribution in [0.3, 0.4) is 0 Å². The highest BCUT2D eigenvalue weighted by Crippen LogP contribution is 2.57. The van der Waals surface area contributed by atoms with Crippen molar-refractivity contribution in [1.82, 2.24) is 0 Å². The molecule has 0 saturated heterocycles. The van der Waals surface area contributed by atoms with Crippen molar-refractivity contribution < 1.29 is 5.11 Å². The number of hydrogen-bond acceptors (Lipinski definition) is 1. The van der Waals surface area contributed by atoms with E-state index in [1.165, 1.54) is 44.2 Å². The molecule has 4 aromatic carbocycles. The molecule has 1 heteroatoms. The van der Waals surface area contributed by atoms with Gasteiger partial charge < -0.3 is 5.11 Å². The van der Waals surface area contributed by atoms with Gasteiger partial charge in [-0.05, 0) is 73.5 Å². The highest BCUT2D eigenvalue weighted by Gasteiger charge is 2.40.